The Morgan fingerprint density at radius 1 is 1.38 bits per heavy atom. The summed E-state index contributed by atoms with van der Waals surface area (Å²) in [5, 5.41) is 11.6. The van der Waals surface area contributed by atoms with Gasteiger partial charge in [0.15, 0.2) is 0 Å². The molecule has 1 atom stereocenters. The summed E-state index contributed by atoms with van der Waals surface area (Å²) < 4.78 is 2.18. The summed E-state index contributed by atoms with van der Waals surface area (Å²) in [6.07, 6.45) is 1.68. The highest BCUT2D eigenvalue weighted by molar-refractivity contribution is 7.27. The first-order valence-electron chi connectivity index (χ1n) is 6.91. The quantitative estimate of drug-likeness (QED) is 0.917. The lowest BCUT2D eigenvalue weighted by atomic mass is 9.76. The predicted molar refractivity (Wildman–Crippen MR) is 85.2 cm³/mol. The van der Waals surface area contributed by atoms with Crippen molar-refractivity contribution in [3.05, 3.63) is 22.4 Å². The van der Waals surface area contributed by atoms with E-state index in [0.717, 1.165) is 22.2 Å². The average Bonchev–Trinajstić information content (AvgIpc) is 2.96. The molecular weight excluding hydrogens is 306 g/mol. The van der Waals surface area contributed by atoms with E-state index in [0.29, 0.717) is 11.4 Å². The van der Waals surface area contributed by atoms with Crippen molar-refractivity contribution in [3.8, 4) is 0 Å². The van der Waals surface area contributed by atoms with Gasteiger partial charge in [0.25, 0.3) is 5.91 Å². The Bertz CT molecular complexity index is 672. The van der Waals surface area contributed by atoms with Gasteiger partial charge in [-0.3, -0.25) is 4.79 Å². The van der Waals surface area contributed by atoms with Crippen LogP contribution < -0.4 is 0 Å². The molecule has 0 aliphatic carbocycles. The van der Waals surface area contributed by atoms with E-state index >= 15 is 0 Å². The first-order valence-corrected chi connectivity index (χ1v) is 8.60. The van der Waals surface area contributed by atoms with Crippen LogP contribution in [-0.2, 0) is 4.79 Å². The molecule has 0 spiro atoms. The first kappa shape index (κ1) is 14.5. The number of fused-ring (bicyclic) bond motifs is 1. The van der Waals surface area contributed by atoms with E-state index in [9.17, 15) is 14.7 Å². The number of piperidine rings is 1. The molecule has 4 nitrogen and oxygen atoms in total. The number of hydrogen-bond acceptors (Lipinski definition) is 4. The average molecular weight is 323 g/mol. The molecule has 1 fully saturated rings. The maximum atomic E-state index is 12.7. The molecule has 6 heteroatoms. The summed E-state index contributed by atoms with van der Waals surface area (Å²) in [6.45, 7) is 4.38. The number of carbonyl (C=O) groups excluding carboxylic acids is 1. The lowest BCUT2D eigenvalue weighted by Gasteiger charge is -2.43. The molecule has 0 radical (unpaired) electrons. The largest absolute Gasteiger partial charge is 0.480 e. The lowest BCUT2D eigenvalue weighted by Crippen LogP contribution is -2.56. The Hall–Kier alpha value is -1.40. The second-order valence-electron chi connectivity index (χ2n) is 6.09. The van der Waals surface area contributed by atoms with Gasteiger partial charge in [0.2, 0.25) is 0 Å². The van der Waals surface area contributed by atoms with Crippen LogP contribution in [0.25, 0.3) is 9.40 Å². The topological polar surface area (TPSA) is 57.6 Å². The zero-order valence-corrected chi connectivity index (χ0v) is 13.6. The third-order valence-corrected chi connectivity index (χ3v) is 6.20. The van der Waals surface area contributed by atoms with Crippen molar-refractivity contribution < 1.29 is 14.7 Å². The zero-order valence-electron chi connectivity index (χ0n) is 12.0. The Morgan fingerprint density at radius 3 is 2.81 bits per heavy atom. The van der Waals surface area contributed by atoms with Crippen molar-refractivity contribution in [2.45, 2.75) is 32.7 Å². The van der Waals surface area contributed by atoms with E-state index in [1.807, 2.05) is 31.4 Å². The fourth-order valence-corrected chi connectivity index (χ4v) is 5.16. The second kappa shape index (κ2) is 5.10. The van der Waals surface area contributed by atoms with Gasteiger partial charge in [-0.15, -0.1) is 22.7 Å². The van der Waals surface area contributed by atoms with E-state index in [4.69, 9.17) is 0 Å². The summed E-state index contributed by atoms with van der Waals surface area (Å²) in [4.78, 5) is 26.6. The zero-order chi connectivity index (χ0) is 15.2. The van der Waals surface area contributed by atoms with Gasteiger partial charge in [-0.1, -0.05) is 13.8 Å². The van der Waals surface area contributed by atoms with Gasteiger partial charge in [-0.2, -0.15) is 0 Å². The van der Waals surface area contributed by atoms with Gasteiger partial charge < -0.3 is 10.0 Å². The maximum Gasteiger partial charge on any atom is 0.326 e. The van der Waals surface area contributed by atoms with Crippen LogP contribution in [0.3, 0.4) is 0 Å². The number of likely N-dealkylation sites (tertiary alicyclic amines) is 1. The van der Waals surface area contributed by atoms with Gasteiger partial charge in [0.05, 0.1) is 4.88 Å². The van der Waals surface area contributed by atoms with Crippen molar-refractivity contribution in [1.29, 1.82) is 0 Å². The number of nitrogens with zero attached hydrogens (tertiary/aromatic N) is 1. The molecule has 1 saturated heterocycles. The standard InChI is InChI=1S/C15H17NO3S2/c1-15(2)5-3-6-16(12(15)14(18)19)13(17)11-8-10-9(21-11)4-7-20-10/h4,7-8,12H,3,5-6H2,1-2H3,(H,18,19). The fourth-order valence-electron chi connectivity index (χ4n) is 3.09. The number of thiophene rings is 2. The SMILES string of the molecule is CC1(C)CCCN(C(=O)c2cc3sccc3s2)C1C(=O)O. The minimum Gasteiger partial charge on any atom is -0.480 e. The monoisotopic (exact) mass is 323 g/mol. The van der Waals surface area contributed by atoms with E-state index in [1.54, 1.807) is 16.2 Å². The second-order valence-corrected chi connectivity index (χ2v) is 8.12. The molecule has 1 aliphatic heterocycles. The fraction of sp³-hybridized carbons (Fsp3) is 0.467. The van der Waals surface area contributed by atoms with E-state index in [2.05, 4.69) is 0 Å². The summed E-state index contributed by atoms with van der Waals surface area (Å²) in [5.41, 5.74) is -0.394. The van der Waals surface area contributed by atoms with Crippen molar-refractivity contribution in [2.24, 2.45) is 5.41 Å². The smallest absolute Gasteiger partial charge is 0.326 e. The molecule has 0 saturated carbocycles. The molecule has 1 unspecified atom stereocenters. The molecule has 2 aromatic heterocycles. The van der Waals surface area contributed by atoms with Crippen LogP contribution in [0.15, 0.2) is 17.5 Å². The number of hydrogen-bond donors (Lipinski definition) is 1. The highest BCUT2D eigenvalue weighted by atomic mass is 32.1. The molecule has 112 valence electrons. The third kappa shape index (κ3) is 2.46. The maximum absolute atomic E-state index is 12.7. The molecule has 3 rings (SSSR count). The van der Waals surface area contributed by atoms with E-state index in [1.165, 1.54) is 11.3 Å². The normalized spacial score (nSPS) is 21.6. The van der Waals surface area contributed by atoms with Crippen molar-refractivity contribution in [1.82, 2.24) is 4.90 Å². The number of carboxylic acids is 1. The molecule has 0 aromatic carbocycles. The summed E-state index contributed by atoms with van der Waals surface area (Å²) in [7, 11) is 0. The Morgan fingerprint density at radius 2 is 2.14 bits per heavy atom. The molecule has 2 aromatic rings. The number of carbonyl (C=O) groups is 2. The molecule has 1 amide bonds. The Labute approximate surface area is 131 Å². The molecule has 21 heavy (non-hydrogen) atoms. The summed E-state index contributed by atoms with van der Waals surface area (Å²) in [5.74, 6) is -1.06. The summed E-state index contributed by atoms with van der Waals surface area (Å²) >= 11 is 3.05. The van der Waals surface area contributed by atoms with Crippen LogP contribution in [-0.4, -0.2) is 34.5 Å². The van der Waals surface area contributed by atoms with Crippen molar-refractivity contribution >= 4 is 43.9 Å². The van der Waals surface area contributed by atoms with Gasteiger partial charge >= 0.3 is 5.97 Å². The minimum atomic E-state index is -0.911. The highest BCUT2D eigenvalue weighted by Crippen LogP contribution is 2.37. The van der Waals surface area contributed by atoms with Crippen LogP contribution >= 0.6 is 22.7 Å². The number of carboxylic acid groups (broad SMARTS) is 1. The third-order valence-electron chi connectivity index (χ3n) is 4.12. The number of amides is 1. The lowest BCUT2D eigenvalue weighted by molar-refractivity contribution is -0.148. The minimum absolute atomic E-state index is 0.149. The van der Waals surface area contributed by atoms with Crippen LogP contribution in [0.4, 0.5) is 0 Å². The number of aliphatic carboxylic acids is 1. The summed E-state index contributed by atoms with van der Waals surface area (Å²) in [6, 6.07) is 3.13. The Balaban J connectivity index is 1.95. The van der Waals surface area contributed by atoms with Crippen molar-refractivity contribution in [2.75, 3.05) is 6.54 Å². The van der Waals surface area contributed by atoms with E-state index in [-0.39, 0.29) is 5.91 Å². The molecule has 3 heterocycles. The van der Waals surface area contributed by atoms with Crippen LogP contribution in [0.2, 0.25) is 0 Å². The van der Waals surface area contributed by atoms with Crippen LogP contribution in [0, 0.1) is 5.41 Å². The Kier molecular flexibility index (Phi) is 3.53. The van der Waals surface area contributed by atoms with Gasteiger partial charge in [0, 0.05) is 15.9 Å². The molecule has 1 aliphatic rings. The van der Waals surface area contributed by atoms with Crippen LogP contribution in [0.1, 0.15) is 36.4 Å². The first-order chi connectivity index (χ1) is 9.90. The van der Waals surface area contributed by atoms with Gasteiger partial charge in [0.1, 0.15) is 6.04 Å². The van der Waals surface area contributed by atoms with E-state index < -0.39 is 17.4 Å². The van der Waals surface area contributed by atoms with Crippen molar-refractivity contribution in [3.63, 3.8) is 0 Å². The van der Waals surface area contributed by atoms with Crippen LogP contribution in [0.5, 0.6) is 0 Å². The molecule has 1 N–H and O–H groups in total. The van der Waals surface area contributed by atoms with Gasteiger partial charge in [-0.25, -0.2) is 4.79 Å². The predicted octanol–water partition coefficient (Wildman–Crippen LogP) is 3.68. The molecule has 0 bridgehead atoms. The number of rotatable bonds is 2. The van der Waals surface area contributed by atoms with Gasteiger partial charge in [-0.05, 0) is 35.8 Å². The highest BCUT2D eigenvalue weighted by Gasteiger charge is 2.44. The molecular formula is C15H17NO3S2.